The van der Waals surface area contributed by atoms with Crippen LogP contribution in [-0.2, 0) is 11.2 Å². The van der Waals surface area contributed by atoms with E-state index in [9.17, 15) is 9.59 Å². The van der Waals surface area contributed by atoms with Gasteiger partial charge in [-0.1, -0.05) is 24.3 Å². The lowest BCUT2D eigenvalue weighted by Crippen LogP contribution is -2.45. The second-order valence-corrected chi connectivity index (χ2v) is 8.69. The van der Waals surface area contributed by atoms with Crippen LogP contribution in [0.4, 0.5) is 0 Å². The first kappa shape index (κ1) is 20.3. The molecule has 3 heterocycles. The monoisotopic (exact) mass is 422 g/mol. The second-order valence-electron chi connectivity index (χ2n) is 7.91. The van der Waals surface area contributed by atoms with Crippen molar-refractivity contribution in [3.05, 3.63) is 64.1 Å². The summed E-state index contributed by atoms with van der Waals surface area (Å²) in [5.41, 5.74) is 4.19. The number of thiophene rings is 1. The minimum atomic E-state index is -0.618. The van der Waals surface area contributed by atoms with E-state index in [0.29, 0.717) is 38.0 Å². The van der Waals surface area contributed by atoms with Gasteiger partial charge in [-0.05, 0) is 60.2 Å². The summed E-state index contributed by atoms with van der Waals surface area (Å²) in [6.45, 7) is 5.31. The average Bonchev–Trinajstić information content (AvgIpc) is 3.50. The lowest BCUT2D eigenvalue weighted by molar-refractivity contribution is -0.130. The Balaban J connectivity index is 1.55. The Bertz CT molecular complexity index is 1030. The van der Waals surface area contributed by atoms with E-state index >= 15 is 0 Å². The second kappa shape index (κ2) is 8.44. The third-order valence-electron chi connectivity index (χ3n) is 5.87. The van der Waals surface area contributed by atoms with E-state index in [1.54, 1.807) is 22.4 Å². The predicted molar refractivity (Wildman–Crippen MR) is 118 cm³/mol. The van der Waals surface area contributed by atoms with Crippen molar-refractivity contribution in [3.63, 3.8) is 0 Å². The Morgan fingerprint density at radius 3 is 2.67 bits per heavy atom. The van der Waals surface area contributed by atoms with Gasteiger partial charge in [0, 0.05) is 25.3 Å². The number of carbonyl (C=O) groups excluding carboxylic acids is 2. The van der Waals surface area contributed by atoms with Crippen LogP contribution in [0.5, 0.6) is 0 Å². The minimum absolute atomic E-state index is 0.0196. The van der Waals surface area contributed by atoms with Gasteiger partial charge in [-0.15, -0.1) is 0 Å². The Labute approximate surface area is 180 Å². The van der Waals surface area contributed by atoms with Crippen LogP contribution < -0.4 is 5.32 Å². The van der Waals surface area contributed by atoms with E-state index in [4.69, 9.17) is 0 Å². The Kier molecular flexibility index (Phi) is 5.72. The van der Waals surface area contributed by atoms with Gasteiger partial charge in [-0.2, -0.15) is 16.4 Å². The summed E-state index contributed by atoms with van der Waals surface area (Å²) in [4.78, 5) is 27.8. The highest BCUT2D eigenvalue weighted by Gasteiger charge is 2.46. The fraction of sp³-hybridized carbons (Fsp3) is 0.348. The van der Waals surface area contributed by atoms with Crippen molar-refractivity contribution < 1.29 is 9.59 Å². The normalized spacial score (nSPS) is 18.5. The maximum Gasteiger partial charge on any atom is 0.257 e. The van der Waals surface area contributed by atoms with E-state index in [1.807, 2.05) is 13.8 Å². The summed E-state index contributed by atoms with van der Waals surface area (Å²) in [5, 5.41) is 14.0. The van der Waals surface area contributed by atoms with E-state index in [-0.39, 0.29) is 11.8 Å². The standard InChI is InChI=1S/C23H26N4O2S/c1-3-24-22(29)23(9-10-27(15-23)21(28)20-13-25-26-16(20)2)12-17-4-6-18(7-5-17)19-8-11-30-14-19/h4-8,11,13-14H,3,9-10,12,15H2,1-2H3,(H,24,29)(H,25,26)/t23-/m0/s1. The van der Waals surface area contributed by atoms with Crippen molar-refractivity contribution in [2.24, 2.45) is 5.41 Å². The number of rotatable bonds is 6. The van der Waals surface area contributed by atoms with Gasteiger partial charge in [-0.25, -0.2) is 0 Å². The molecule has 156 valence electrons. The molecule has 0 aliphatic carbocycles. The molecule has 1 atom stereocenters. The highest BCUT2D eigenvalue weighted by atomic mass is 32.1. The molecule has 6 nitrogen and oxygen atoms in total. The summed E-state index contributed by atoms with van der Waals surface area (Å²) >= 11 is 1.68. The minimum Gasteiger partial charge on any atom is -0.356 e. The number of aromatic amines is 1. The van der Waals surface area contributed by atoms with Gasteiger partial charge in [0.1, 0.15) is 0 Å². The van der Waals surface area contributed by atoms with Crippen LogP contribution >= 0.6 is 11.3 Å². The van der Waals surface area contributed by atoms with Crippen molar-refractivity contribution >= 4 is 23.2 Å². The van der Waals surface area contributed by atoms with E-state index in [0.717, 1.165) is 11.3 Å². The van der Waals surface area contributed by atoms with E-state index < -0.39 is 5.41 Å². The van der Waals surface area contributed by atoms with Crippen molar-refractivity contribution in [2.75, 3.05) is 19.6 Å². The number of amides is 2. The molecule has 2 amide bonds. The van der Waals surface area contributed by atoms with Crippen LogP contribution in [0, 0.1) is 12.3 Å². The number of nitrogens with one attached hydrogen (secondary N) is 2. The zero-order chi connectivity index (χ0) is 21.1. The molecule has 1 aromatic carbocycles. The number of H-pyrrole nitrogens is 1. The van der Waals surface area contributed by atoms with Crippen LogP contribution in [0.2, 0.25) is 0 Å². The van der Waals surface area contributed by atoms with Crippen LogP contribution in [0.1, 0.15) is 35.0 Å². The highest BCUT2D eigenvalue weighted by Crippen LogP contribution is 2.36. The first-order valence-electron chi connectivity index (χ1n) is 10.2. The zero-order valence-electron chi connectivity index (χ0n) is 17.3. The molecule has 2 aromatic heterocycles. The summed E-state index contributed by atoms with van der Waals surface area (Å²) in [7, 11) is 0. The smallest absolute Gasteiger partial charge is 0.257 e. The molecule has 30 heavy (non-hydrogen) atoms. The van der Waals surface area contributed by atoms with Crippen LogP contribution in [0.3, 0.4) is 0 Å². The summed E-state index contributed by atoms with van der Waals surface area (Å²) in [6.07, 6.45) is 2.82. The zero-order valence-corrected chi connectivity index (χ0v) is 18.1. The summed E-state index contributed by atoms with van der Waals surface area (Å²) in [6, 6.07) is 10.5. The van der Waals surface area contributed by atoms with Gasteiger partial charge in [-0.3, -0.25) is 14.7 Å². The first-order valence-corrected chi connectivity index (χ1v) is 11.2. The van der Waals surface area contributed by atoms with Crippen LogP contribution in [-0.4, -0.2) is 46.5 Å². The van der Waals surface area contributed by atoms with Crippen molar-refractivity contribution in [1.29, 1.82) is 0 Å². The molecular formula is C23H26N4O2S. The number of hydrogen-bond acceptors (Lipinski definition) is 4. The van der Waals surface area contributed by atoms with Gasteiger partial charge >= 0.3 is 0 Å². The fourth-order valence-electron chi connectivity index (χ4n) is 4.17. The third kappa shape index (κ3) is 3.89. The molecule has 3 aromatic rings. The Morgan fingerprint density at radius 1 is 1.23 bits per heavy atom. The number of carbonyl (C=O) groups is 2. The van der Waals surface area contributed by atoms with E-state index in [2.05, 4.69) is 56.6 Å². The lowest BCUT2D eigenvalue weighted by Gasteiger charge is -2.28. The maximum atomic E-state index is 13.1. The van der Waals surface area contributed by atoms with Crippen molar-refractivity contribution in [1.82, 2.24) is 20.4 Å². The number of aromatic nitrogens is 2. The van der Waals surface area contributed by atoms with Crippen LogP contribution in [0.25, 0.3) is 11.1 Å². The molecule has 0 saturated carbocycles. The van der Waals surface area contributed by atoms with Gasteiger partial charge < -0.3 is 10.2 Å². The third-order valence-corrected chi connectivity index (χ3v) is 6.55. The molecule has 1 aliphatic rings. The van der Waals surface area contributed by atoms with E-state index in [1.165, 1.54) is 11.1 Å². The molecule has 1 fully saturated rings. The SMILES string of the molecule is CCNC(=O)[C@]1(Cc2ccc(-c3ccsc3)cc2)CCN(C(=O)c2cn[nH]c2C)C1. The molecule has 1 saturated heterocycles. The largest absolute Gasteiger partial charge is 0.356 e. The molecule has 2 N–H and O–H groups in total. The highest BCUT2D eigenvalue weighted by molar-refractivity contribution is 7.08. The number of aryl methyl sites for hydroxylation is 1. The quantitative estimate of drug-likeness (QED) is 0.636. The predicted octanol–water partition coefficient (Wildman–Crippen LogP) is 3.66. The molecule has 7 heteroatoms. The molecule has 0 radical (unpaired) electrons. The summed E-state index contributed by atoms with van der Waals surface area (Å²) < 4.78 is 0. The number of benzene rings is 1. The number of hydrogen-bond donors (Lipinski definition) is 2. The maximum absolute atomic E-state index is 13.1. The van der Waals surface area contributed by atoms with Gasteiger partial charge in [0.2, 0.25) is 5.91 Å². The molecule has 1 aliphatic heterocycles. The number of likely N-dealkylation sites (tertiary alicyclic amines) is 1. The Morgan fingerprint density at radius 2 is 2.03 bits per heavy atom. The number of nitrogens with zero attached hydrogens (tertiary/aromatic N) is 2. The molecule has 4 rings (SSSR count). The van der Waals surface area contributed by atoms with Crippen molar-refractivity contribution in [2.45, 2.75) is 26.7 Å². The molecule has 0 bridgehead atoms. The average molecular weight is 423 g/mol. The van der Waals surface area contributed by atoms with Gasteiger partial charge in [0.25, 0.3) is 5.91 Å². The Hall–Kier alpha value is -2.93. The molecule has 0 unspecified atom stereocenters. The molecule has 0 spiro atoms. The first-order chi connectivity index (χ1) is 14.5. The lowest BCUT2D eigenvalue weighted by atomic mass is 9.79. The molecular weight excluding hydrogens is 396 g/mol. The summed E-state index contributed by atoms with van der Waals surface area (Å²) in [5.74, 6) is -0.0497. The van der Waals surface area contributed by atoms with Crippen molar-refractivity contribution in [3.8, 4) is 11.1 Å². The van der Waals surface area contributed by atoms with Gasteiger partial charge in [0.15, 0.2) is 0 Å². The van der Waals surface area contributed by atoms with Gasteiger partial charge in [0.05, 0.1) is 17.2 Å². The van der Waals surface area contributed by atoms with Crippen LogP contribution in [0.15, 0.2) is 47.3 Å². The topological polar surface area (TPSA) is 78.1 Å². The fourth-order valence-corrected chi connectivity index (χ4v) is 4.84.